The first kappa shape index (κ1) is 15.5. The molecule has 1 amide bonds. The molecule has 122 valence electrons. The molecule has 1 aliphatic rings. The number of anilines is 1. The Bertz CT molecular complexity index is 659. The zero-order valence-electron chi connectivity index (χ0n) is 13.7. The zero-order chi connectivity index (χ0) is 16.2. The normalized spacial score (nSPS) is 15.7. The first-order valence-corrected chi connectivity index (χ1v) is 8.07. The number of hydrogen-bond donors (Lipinski definition) is 1. The summed E-state index contributed by atoms with van der Waals surface area (Å²) in [5.41, 5.74) is 2.72. The van der Waals surface area contributed by atoms with Crippen molar-refractivity contribution in [2.24, 2.45) is 13.0 Å². The lowest BCUT2D eigenvalue weighted by atomic mass is 9.96. The van der Waals surface area contributed by atoms with Gasteiger partial charge in [-0.3, -0.25) is 14.5 Å². The third kappa shape index (κ3) is 3.70. The summed E-state index contributed by atoms with van der Waals surface area (Å²) in [6, 6.07) is 5.92. The van der Waals surface area contributed by atoms with Crippen LogP contribution in [0.2, 0.25) is 0 Å². The Labute approximate surface area is 136 Å². The lowest BCUT2D eigenvalue weighted by molar-refractivity contribution is 0.0935. The molecule has 6 heteroatoms. The maximum atomic E-state index is 12.2. The van der Waals surface area contributed by atoms with Gasteiger partial charge in [0, 0.05) is 44.8 Å². The van der Waals surface area contributed by atoms with Gasteiger partial charge in [-0.2, -0.15) is 5.10 Å². The molecule has 3 heterocycles. The van der Waals surface area contributed by atoms with Crippen LogP contribution >= 0.6 is 0 Å². The summed E-state index contributed by atoms with van der Waals surface area (Å²) in [5, 5.41) is 7.26. The highest BCUT2D eigenvalue weighted by Gasteiger charge is 2.20. The number of aryl methyl sites for hydroxylation is 2. The largest absolute Gasteiger partial charge is 0.371 e. The number of amides is 1. The van der Waals surface area contributed by atoms with Crippen LogP contribution in [0.3, 0.4) is 0 Å². The van der Waals surface area contributed by atoms with Crippen LogP contribution < -0.4 is 10.2 Å². The minimum atomic E-state index is -0.0373. The van der Waals surface area contributed by atoms with Crippen LogP contribution in [0.25, 0.3) is 0 Å². The van der Waals surface area contributed by atoms with Crippen LogP contribution in [-0.2, 0) is 7.05 Å². The van der Waals surface area contributed by atoms with Crippen molar-refractivity contribution in [2.75, 3.05) is 24.5 Å². The second-order valence-corrected chi connectivity index (χ2v) is 6.14. The van der Waals surface area contributed by atoms with Crippen LogP contribution in [0.1, 0.15) is 29.0 Å². The molecule has 6 nitrogen and oxygen atoms in total. The van der Waals surface area contributed by atoms with E-state index in [1.807, 2.05) is 37.5 Å². The first-order valence-electron chi connectivity index (χ1n) is 8.07. The minimum absolute atomic E-state index is 0.0373. The number of carbonyl (C=O) groups excluding carboxylic acids is 1. The van der Waals surface area contributed by atoms with Crippen LogP contribution in [-0.4, -0.2) is 40.3 Å². The van der Waals surface area contributed by atoms with E-state index in [9.17, 15) is 4.79 Å². The molecule has 0 atom stereocenters. The van der Waals surface area contributed by atoms with Crippen molar-refractivity contribution in [2.45, 2.75) is 19.8 Å². The minimum Gasteiger partial charge on any atom is -0.371 e. The molecule has 2 aromatic heterocycles. The second-order valence-electron chi connectivity index (χ2n) is 6.14. The molecule has 0 unspecified atom stereocenters. The molecule has 1 fully saturated rings. The SMILES string of the molecule is Cc1cc(C(=O)NCC2CCN(c3ccncc3)CC2)n(C)n1. The van der Waals surface area contributed by atoms with Gasteiger partial charge < -0.3 is 10.2 Å². The number of aromatic nitrogens is 3. The van der Waals surface area contributed by atoms with E-state index < -0.39 is 0 Å². The van der Waals surface area contributed by atoms with E-state index in [-0.39, 0.29) is 5.91 Å². The van der Waals surface area contributed by atoms with Gasteiger partial charge >= 0.3 is 0 Å². The average Bonchev–Trinajstić information content (AvgIpc) is 2.92. The Hall–Kier alpha value is -2.37. The van der Waals surface area contributed by atoms with Crippen molar-refractivity contribution >= 4 is 11.6 Å². The van der Waals surface area contributed by atoms with Crippen LogP contribution in [0.15, 0.2) is 30.6 Å². The maximum absolute atomic E-state index is 12.2. The van der Waals surface area contributed by atoms with Gasteiger partial charge in [0.15, 0.2) is 0 Å². The molecule has 0 bridgehead atoms. The zero-order valence-corrected chi connectivity index (χ0v) is 13.7. The molecule has 1 N–H and O–H groups in total. The first-order chi connectivity index (χ1) is 11.1. The summed E-state index contributed by atoms with van der Waals surface area (Å²) >= 11 is 0. The van der Waals surface area contributed by atoms with E-state index >= 15 is 0 Å². The predicted molar refractivity (Wildman–Crippen MR) is 89.5 cm³/mol. The van der Waals surface area contributed by atoms with E-state index in [0.717, 1.165) is 38.2 Å². The summed E-state index contributed by atoms with van der Waals surface area (Å²) in [6.45, 7) is 4.67. The van der Waals surface area contributed by atoms with Crippen molar-refractivity contribution in [3.8, 4) is 0 Å². The molecule has 0 aromatic carbocycles. The topological polar surface area (TPSA) is 63.1 Å². The van der Waals surface area contributed by atoms with Crippen molar-refractivity contribution in [3.63, 3.8) is 0 Å². The van der Waals surface area contributed by atoms with E-state index in [1.54, 1.807) is 11.7 Å². The molecule has 0 aliphatic carbocycles. The lowest BCUT2D eigenvalue weighted by Crippen LogP contribution is -2.39. The summed E-state index contributed by atoms with van der Waals surface area (Å²) < 4.78 is 1.64. The van der Waals surface area contributed by atoms with Crippen molar-refractivity contribution in [1.82, 2.24) is 20.1 Å². The highest BCUT2D eigenvalue weighted by molar-refractivity contribution is 5.92. The third-order valence-electron chi connectivity index (χ3n) is 4.43. The maximum Gasteiger partial charge on any atom is 0.269 e. The summed E-state index contributed by atoms with van der Waals surface area (Å²) in [7, 11) is 1.80. The van der Waals surface area contributed by atoms with Crippen LogP contribution in [0.5, 0.6) is 0 Å². The Balaban J connectivity index is 1.48. The Kier molecular flexibility index (Phi) is 4.60. The van der Waals surface area contributed by atoms with Crippen LogP contribution in [0, 0.1) is 12.8 Å². The molecule has 23 heavy (non-hydrogen) atoms. The number of rotatable bonds is 4. The van der Waals surface area contributed by atoms with E-state index in [4.69, 9.17) is 0 Å². The van der Waals surface area contributed by atoms with Gasteiger partial charge in [-0.25, -0.2) is 0 Å². The molecule has 2 aromatic rings. The van der Waals surface area contributed by atoms with Gasteiger partial charge in [0.1, 0.15) is 5.69 Å². The quantitative estimate of drug-likeness (QED) is 0.934. The summed E-state index contributed by atoms with van der Waals surface area (Å²) in [4.78, 5) is 18.7. The molecule has 3 rings (SSSR count). The Morgan fingerprint density at radius 3 is 2.61 bits per heavy atom. The number of nitrogens with zero attached hydrogens (tertiary/aromatic N) is 4. The molecular formula is C17H23N5O. The van der Waals surface area contributed by atoms with Crippen molar-refractivity contribution in [3.05, 3.63) is 42.0 Å². The number of nitrogens with one attached hydrogen (secondary N) is 1. The molecule has 0 spiro atoms. The van der Waals surface area contributed by atoms with Gasteiger partial charge in [0.2, 0.25) is 0 Å². The van der Waals surface area contributed by atoms with Gasteiger partial charge in [-0.15, -0.1) is 0 Å². The molecule has 1 aliphatic heterocycles. The highest BCUT2D eigenvalue weighted by atomic mass is 16.2. The lowest BCUT2D eigenvalue weighted by Gasteiger charge is -2.33. The average molecular weight is 313 g/mol. The highest BCUT2D eigenvalue weighted by Crippen LogP contribution is 2.22. The smallest absolute Gasteiger partial charge is 0.269 e. The van der Waals surface area contributed by atoms with E-state index in [2.05, 4.69) is 20.3 Å². The van der Waals surface area contributed by atoms with Gasteiger partial charge in [0.25, 0.3) is 5.91 Å². The molecular weight excluding hydrogens is 290 g/mol. The van der Waals surface area contributed by atoms with Crippen molar-refractivity contribution in [1.29, 1.82) is 0 Å². The standard InChI is InChI=1S/C17H23N5O/c1-13-11-16(21(2)20-13)17(23)19-12-14-5-9-22(10-6-14)15-3-7-18-8-4-15/h3-4,7-8,11,14H,5-6,9-10,12H2,1-2H3,(H,19,23). The van der Waals surface area contributed by atoms with E-state index in [0.29, 0.717) is 11.6 Å². The fraction of sp³-hybridized carbons (Fsp3) is 0.471. The van der Waals surface area contributed by atoms with Gasteiger partial charge in [-0.05, 0) is 43.9 Å². The predicted octanol–water partition coefficient (Wildman–Crippen LogP) is 1.77. The molecule has 0 radical (unpaired) electrons. The van der Waals surface area contributed by atoms with Crippen LogP contribution in [0.4, 0.5) is 5.69 Å². The summed E-state index contributed by atoms with van der Waals surface area (Å²) in [5.74, 6) is 0.496. The number of hydrogen-bond acceptors (Lipinski definition) is 4. The molecule has 1 saturated heterocycles. The van der Waals surface area contributed by atoms with E-state index in [1.165, 1.54) is 5.69 Å². The van der Waals surface area contributed by atoms with Gasteiger partial charge in [0.05, 0.1) is 5.69 Å². The number of piperidine rings is 1. The third-order valence-corrected chi connectivity index (χ3v) is 4.43. The Morgan fingerprint density at radius 2 is 2.00 bits per heavy atom. The second kappa shape index (κ2) is 6.81. The number of carbonyl (C=O) groups is 1. The number of pyridine rings is 1. The fourth-order valence-corrected chi connectivity index (χ4v) is 3.10. The monoisotopic (exact) mass is 313 g/mol. The Morgan fingerprint density at radius 1 is 1.30 bits per heavy atom. The fourth-order valence-electron chi connectivity index (χ4n) is 3.10. The molecule has 0 saturated carbocycles. The van der Waals surface area contributed by atoms with Crippen molar-refractivity contribution < 1.29 is 4.79 Å². The summed E-state index contributed by atoms with van der Waals surface area (Å²) in [6.07, 6.45) is 5.84. The van der Waals surface area contributed by atoms with Gasteiger partial charge in [-0.1, -0.05) is 0 Å².